The maximum atomic E-state index is 14.1. The van der Waals surface area contributed by atoms with E-state index in [2.05, 4.69) is 15.9 Å². The van der Waals surface area contributed by atoms with Gasteiger partial charge in [-0.1, -0.05) is 34.8 Å². The van der Waals surface area contributed by atoms with E-state index >= 15 is 0 Å². The van der Waals surface area contributed by atoms with Crippen LogP contribution in [0.15, 0.2) is 22.7 Å². The molecule has 1 N–H and O–H groups in total. The van der Waals surface area contributed by atoms with Crippen molar-refractivity contribution in [2.75, 3.05) is 6.54 Å². The van der Waals surface area contributed by atoms with E-state index in [0.717, 1.165) is 25.7 Å². The molecule has 1 aliphatic carbocycles. The molecular weight excluding hydrogens is 325 g/mol. The molecule has 2 rings (SSSR count). The predicted molar refractivity (Wildman–Crippen MR) is 79.1 cm³/mol. The van der Waals surface area contributed by atoms with Crippen molar-refractivity contribution >= 4 is 21.9 Å². The van der Waals surface area contributed by atoms with Crippen molar-refractivity contribution in [3.8, 4) is 0 Å². The molecule has 0 heterocycles. The Labute approximate surface area is 126 Å². The second-order valence-corrected chi connectivity index (χ2v) is 6.26. The minimum Gasteiger partial charge on any atom is -0.480 e. The Morgan fingerprint density at radius 3 is 2.70 bits per heavy atom. The molecule has 0 aliphatic heterocycles. The number of benzene rings is 1. The minimum atomic E-state index is -0.860. The molecule has 0 saturated heterocycles. The number of rotatable bonds is 5. The normalized spacial score (nSPS) is 17.6. The molecule has 1 aromatic rings. The Morgan fingerprint density at radius 2 is 2.15 bits per heavy atom. The molecule has 0 aromatic heterocycles. The SMILES string of the molecule is CC(c1ccc(Br)cc1F)N(CC(=O)O)C1CCCC1. The summed E-state index contributed by atoms with van der Waals surface area (Å²) >= 11 is 3.24. The van der Waals surface area contributed by atoms with Crippen LogP contribution < -0.4 is 0 Å². The fourth-order valence-corrected chi connectivity index (χ4v) is 3.33. The summed E-state index contributed by atoms with van der Waals surface area (Å²) in [6.45, 7) is 1.84. The summed E-state index contributed by atoms with van der Waals surface area (Å²) in [4.78, 5) is 13.0. The van der Waals surface area contributed by atoms with E-state index in [1.165, 1.54) is 6.07 Å². The highest BCUT2D eigenvalue weighted by atomic mass is 79.9. The lowest BCUT2D eigenvalue weighted by Gasteiger charge is -2.33. The molecule has 1 aliphatic rings. The Balaban J connectivity index is 2.24. The van der Waals surface area contributed by atoms with E-state index in [0.29, 0.717) is 10.0 Å². The molecule has 0 radical (unpaired) electrons. The van der Waals surface area contributed by atoms with Crippen molar-refractivity contribution in [2.24, 2.45) is 0 Å². The van der Waals surface area contributed by atoms with E-state index in [4.69, 9.17) is 5.11 Å². The predicted octanol–water partition coefficient (Wildman–Crippen LogP) is 3.98. The van der Waals surface area contributed by atoms with Crippen LogP contribution in [0.1, 0.15) is 44.2 Å². The van der Waals surface area contributed by atoms with Crippen molar-refractivity contribution in [3.05, 3.63) is 34.1 Å². The highest BCUT2D eigenvalue weighted by Gasteiger charge is 2.29. The van der Waals surface area contributed by atoms with Crippen molar-refractivity contribution in [1.82, 2.24) is 4.90 Å². The summed E-state index contributed by atoms with van der Waals surface area (Å²) in [6, 6.07) is 4.96. The minimum absolute atomic E-state index is 0.0403. The van der Waals surface area contributed by atoms with E-state index in [-0.39, 0.29) is 24.4 Å². The monoisotopic (exact) mass is 343 g/mol. The van der Waals surface area contributed by atoms with Gasteiger partial charge >= 0.3 is 5.97 Å². The number of carboxylic acids is 1. The second kappa shape index (κ2) is 6.68. The van der Waals surface area contributed by atoms with E-state index in [1.54, 1.807) is 12.1 Å². The van der Waals surface area contributed by atoms with Gasteiger partial charge in [0.2, 0.25) is 0 Å². The van der Waals surface area contributed by atoms with Crippen LogP contribution in [0.5, 0.6) is 0 Å². The Morgan fingerprint density at radius 1 is 1.50 bits per heavy atom. The van der Waals surface area contributed by atoms with Gasteiger partial charge < -0.3 is 5.11 Å². The molecule has 5 heteroatoms. The average Bonchev–Trinajstić information content (AvgIpc) is 2.88. The first-order valence-corrected chi connectivity index (χ1v) is 7.71. The van der Waals surface area contributed by atoms with E-state index < -0.39 is 5.97 Å². The third-order valence-corrected chi connectivity index (χ3v) is 4.51. The second-order valence-electron chi connectivity index (χ2n) is 5.35. The van der Waals surface area contributed by atoms with Crippen LogP contribution in [0.2, 0.25) is 0 Å². The molecule has 1 fully saturated rings. The van der Waals surface area contributed by atoms with Crippen LogP contribution in [-0.2, 0) is 4.79 Å². The summed E-state index contributed by atoms with van der Waals surface area (Å²) in [7, 11) is 0. The van der Waals surface area contributed by atoms with E-state index in [9.17, 15) is 9.18 Å². The average molecular weight is 344 g/mol. The largest absolute Gasteiger partial charge is 0.480 e. The molecule has 1 unspecified atom stereocenters. The van der Waals surface area contributed by atoms with Crippen molar-refractivity contribution in [1.29, 1.82) is 0 Å². The fraction of sp³-hybridized carbons (Fsp3) is 0.533. The molecule has 0 spiro atoms. The third-order valence-electron chi connectivity index (χ3n) is 4.02. The van der Waals surface area contributed by atoms with Crippen LogP contribution in [0.25, 0.3) is 0 Å². The number of halogens is 2. The topological polar surface area (TPSA) is 40.5 Å². The van der Waals surface area contributed by atoms with Gasteiger partial charge in [0.15, 0.2) is 0 Å². The Hall–Kier alpha value is -0.940. The van der Waals surface area contributed by atoms with Crippen LogP contribution in [0.3, 0.4) is 0 Å². The lowest BCUT2D eigenvalue weighted by atomic mass is 10.0. The summed E-state index contributed by atoms with van der Waals surface area (Å²) in [6.07, 6.45) is 4.23. The van der Waals surface area contributed by atoms with Crippen LogP contribution in [0, 0.1) is 5.82 Å². The number of nitrogens with zero attached hydrogens (tertiary/aromatic N) is 1. The Kier molecular flexibility index (Phi) is 5.16. The highest BCUT2D eigenvalue weighted by molar-refractivity contribution is 9.10. The summed E-state index contributed by atoms with van der Waals surface area (Å²) in [5.41, 5.74) is 0.557. The van der Waals surface area contributed by atoms with Gasteiger partial charge in [-0.15, -0.1) is 0 Å². The quantitative estimate of drug-likeness (QED) is 0.878. The summed E-state index contributed by atoms with van der Waals surface area (Å²) < 4.78 is 14.8. The van der Waals surface area contributed by atoms with Crippen LogP contribution >= 0.6 is 15.9 Å². The van der Waals surface area contributed by atoms with Gasteiger partial charge in [0.05, 0.1) is 6.54 Å². The summed E-state index contributed by atoms with van der Waals surface area (Å²) in [5.74, 6) is -1.15. The van der Waals surface area contributed by atoms with Gasteiger partial charge in [-0.3, -0.25) is 9.69 Å². The maximum absolute atomic E-state index is 14.1. The number of hydrogen-bond donors (Lipinski definition) is 1. The number of carbonyl (C=O) groups is 1. The zero-order chi connectivity index (χ0) is 14.7. The van der Waals surface area contributed by atoms with Gasteiger partial charge in [-0.2, -0.15) is 0 Å². The lowest BCUT2D eigenvalue weighted by Crippen LogP contribution is -2.39. The molecule has 3 nitrogen and oxygen atoms in total. The first kappa shape index (κ1) is 15.4. The highest BCUT2D eigenvalue weighted by Crippen LogP contribution is 2.32. The van der Waals surface area contributed by atoms with Crippen molar-refractivity contribution in [3.63, 3.8) is 0 Å². The molecular formula is C15H19BrFNO2. The van der Waals surface area contributed by atoms with Gasteiger partial charge in [0.25, 0.3) is 0 Å². The molecule has 110 valence electrons. The first-order valence-electron chi connectivity index (χ1n) is 6.91. The van der Waals surface area contributed by atoms with Crippen LogP contribution in [0.4, 0.5) is 4.39 Å². The number of carboxylic acid groups (broad SMARTS) is 1. The van der Waals surface area contributed by atoms with Crippen LogP contribution in [-0.4, -0.2) is 28.6 Å². The maximum Gasteiger partial charge on any atom is 0.317 e. The number of hydrogen-bond acceptors (Lipinski definition) is 2. The first-order chi connectivity index (χ1) is 9.49. The third kappa shape index (κ3) is 3.58. The van der Waals surface area contributed by atoms with Gasteiger partial charge in [0.1, 0.15) is 5.82 Å². The van der Waals surface area contributed by atoms with Gasteiger partial charge in [-0.05, 0) is 31.9 Å². The van der Waals surface area contributed by atoms with Gasteiger partial charge in [-0.25, -0.2) is 4.39 Å². The summed E-state index contributed by atoms with van der Waals surface area (Å²) in [5, 5.41) is 9.11. The van der Waals surface area contributed by atoms with Crippen molar-refractivity contribution in [2.45, 2.75) is 44.7 Å². The van der Waals surface area contributed by atoms with Crippen molar-refractivity contribution < 1.29 is 14.3 Å². The Bertz CT molecular complexity index is 489. The standard InChI is InChI=1S/C15H19BrFNO2/c1-10(13-7-6-11(16)8-14(13)17)18(9-15(19)20)12-4-2-3-5-12/h6-8,10,12H,2-5,9H2,1H3,(H,19,20). The lowest BCUT2D eigenvalue weighted by molar-refractivity contribution is -0.139. The molecule has 1 aromatic carbocycles. The smallest absolute Gasteiger partial charge is 0.317 e. The zero-order valence-corrected chi connectivity index (χ0v) is 13.1. The number of aliphatic carboxylic acids is 1. The van der Waals surface area contributed by atoms with E-state index in [1.807, 2.05) is 11.8 Å². The van der Waals surface area contributed by atoms with Gasteiger partial charge in [0, 0.05) is 22.1 Å². The molecule has 1 saturated carbocycles. The zero-order valence-electron chi connectivity index (χ0n) is 11.5. The molecule has 0 bridgehead atoms. The fourth-order valence-electron chi connectivity index (χ4n) is 2.99. The molecule has 20 heavy (non-hydrogen) atoms. The molecule has 1 atom stereocenters. The molecule has 0 amide bonds.